The SMILES string of the molecule is CCOc1cc(/C=C2\C(=O)NN(c3ccccc3)C2=O)ccc1OCCOc1cc(C)cc(C)c1. The van der Waals surface area contributed by atoms with Gasteiger partial charge in [-0.15, -0.1) is 0 Å². The van der Waals surface area contributed by atoms with E-state index in [0.29, 0.717) is 42.6 Å². The highest BCUT2D eigenvalue weighted by Crippen LogP contribution is 2.30. The van der Waals surface area contributed by atoms with Crippen molar-refractivity contribution in [2.75, 3.05) is 24.8 Å². The third kappa shape index (κ3) is 5.81. The molecule has 0 unspecified atom stereocenters. The fourth-order valence-corrected chi connectivity index (χ4v) is 3.81. The van der Waals surface area contributed by atoms with Gasteiger partial charge in [-0.25, -0.2) is 5.01 Å². The standard InChI is InChI=1S/C28H28N2O5/c1-4-33-26-18-21(17-24-27(31)29-30(28(24)32)22-8-6-5-7-9-22)10-11-25(26)35-13-12-34-23-15-19(2)14-20(3)16-23/h5-11,14-18H,4,12-13H2,1-3H3,(H,29,31)/b24-17+. The van der Waals surface area contributed by atoms with Crippen molar-refractivity contribution in [2.24, 2.45) is 0 Å². The summed E-state index contributed by atoms with van der Waals surface area (Å²) in [6.07, 6.45) is 1.55. The maximum absolute atomic E-state index is 12.8. The molecule has 1 saturated heterocycles. The third-order valence-corrected chi connectivity index (χ3v) is 5.29. The van der Waals surface area contributed by atoms with Crippen LogP contribution in [-0.4, -0.2) is 31.6 Å². The molecule has 7 heteroatoms. The minimum Gasteiger partial charge on any atom is -0.490 e. The number of aryl methyl sites for hydroxylation is 2. The summed E-state index contributed by atoms with van der Waals surface area (Å²) in [5, 5.41) is 1.24. The number of hydrogen-bond acceptors (Lipinski definition) is 5. The van der Waals surface area contributed by atoms with Gasteiger partial charge in [-0.3, -0.25) is 15.0 Å². The number of rotatable bonds is 9. The summed E-state index contributed by atoms with van der Waals surface area (Å²) in [5.74, 6) is 1.02. The zero-order chi connectivity index (χ0) is 24.8. The van der Waals surface area contributed by atoms with E-state index in [1.54, 1.807) is 48.5 Å². The van der Waals surface area contributed by atoms with Crippen molar-refractivity contribution in [3.8, 4) is 17.2 Å². The minimum atomic E-state index is -0.458. The maximum Gasteiger partial charge on any atom is 0.282 e. The Balaban J connectivity index is 1.44. The van der Waals surface area contributed by atoms with Crippen LogP contribution in [-0.2, 0) is 9.59 Å². The van der Waals surface area contributed by atoms with Crippen molar-refractivity contribution in [1.29, 1.82) is 0 Å². The molecule has 0 radical (unpaired) electrons. The summed E-state index contributed by atoms with van der Waals surface area (Å²) in [7, 11) is 0. The van der Waals surface area contributed by atoms with Crippen molar-refractivity contribution in [3.05, 3.63) is 89.0 Å². The largest absolute Gasteiger partial charge is 0.490 e. The molecule has 0 atom stereocenters. The molecule has 1 aliphatic rings. The molecule has 1 heterocycles. The Morgan fingerprint density at radius 3 is 2.26 bits per heavy atom. The van der Waals surface area contributed by atoms with Gasteiger partial charge in [0.05, 0.1) is 12.3 Å². The molecular weight excluding hydrogens is 444 g/mol. The summed E-state index contributed by atoms with van der Waals surface area (Å²) >= 11 is 0. The highest BCUT2D eigenvalue weighted by atomic mass is 16.5. The summed E-state index contributed by atoms with van der Waals surface area (Å²) in [6, 6.07) is 20.3. The number of nitrogens with one attached hydrogen (secondary N) is 1. The lowest BCUT2D eigenvalue weighted by atomic mass is 10.1. The molecule has 180 valence electrons. The quantitative estimate of drug-likeness (QED) is 0.279. The fraction of sp³-hybridized carbons (Fsp3) is 0.214. The predicted molar refractivity (Wildman–Crippen MR) is 135 cm³/mol. The molecule has 0 bridgehead atoms. The highest BCUT2D eigenvalue weighted by Gasteiger charge is 2.34. The van der Waals surface area contributed by atoms with Crippen LogP contribution in [0.2, 0.25) is 0 Å². The van der Waals surface area contributed by atoms with E-state index in [0.717, 1.165) is 16.9 Å². The summed E-state index contributed by atoms with van der Waals surface area (Å²) in [4.78, 5) is 25.3. The lowest BCUT2D eigenvalue weighted by molar-refractivity contribution is -0.117. The van der Waals surface area contributed by atoms with Gasteiger partial charge in [0.2, 0.25) is 0 Å². The number of carbonyl (C=O) groups is 2. The third-order valence-electron chi connectivity index (χ3n) is 5.29. The monoisotopic (exact) mass is 472 g/mol. The predicted octanol–water partition coefficient (Wildman–Crippen LogP) is 4.62. The molecule has 0 spiro atoms. The van der Waals surface area contributed by atoms with Gasteiger partial charge in [-0.05, 0) is 79.9 Å². The first-order valence-electron chi connectivity index (χ1n) is 11.5. The first-order valence-corrected chi connectivity index (χ1v) is 11.5. The molecule has 4 rings (SSSR count). The van der Waals surface area contributed by atoms with Crippen LogP contribution in [0, 0.1) is 13.8 Å². The first-order chi connectivity index (χ1) is 16.9. The van der Waals surface area contributed by atoms with E-state index < -0.39 is 11.8 Å². The van der Waals surface area contributed by atoms with Gasteiger partial charge < -0.3 is 14.2 Å². The molecule has 1 fully saturated rings. The van der Waals surface area contributed by atoms with Crippen LogP contribution in [0.25, 0.3) is 6.08 Å². The first kappa shape index (κ1) is 23.9. The van der Waals surface area contributed by atoms with Crippen molar-refractivity contribution < 1.29 is 23.8 Å². The molecule has 0 saturated carbocycles. The number of nitrogens with zero attached hydrogens (tertiary/aromatic N) is 1. The van der Waals surface area contributed by atoms with Crippen LogP contribution < -0.4 is 24.6 Å². The molecular formula is C28H28N2O5. The van der Waals surface area contributed by atoms with Crippen molar-refractivity contribution in [3.63, 3.8) is 0 Å². The van der Waals surface area contributed by atoms with E-state index in [1.165, 1.54) is 5.01 Å². The summed E-state index contributed by atoms with van der Waals surface area (Å²) in [6.45, 7) is 7.10. The van der Waals surface area contributed by atoms with E-state index in [4.69, 9.17) is 14.2 Å². The van der Waals surface area contributed by atoms with E-state index in [1.807, 2.05) is 39.0 Å². The van der Waals surface area contributed by atoms with Gasteiger partial charge in [-0.2, -0.15) is 0 Å². The number of amides is 2. The number of ether oxygens (including phenoxy) is 3. The number of benzene rings is 3. The Morgan fingerprint density at radius 1 is 0.829 bits per heavy atom. The van der Waals surface area contributed by atoms with Gasteiger partial charge >= 0.3 is 0 Å². The lowest BCUT2D eigenvalue weighted by Crippen LogP contribution is -2.35. The van der Waals surface area contributed by atoms with E-state index in [2.05, 4.69) is 11.5 Å². The molecule has 1 N–H and O–H groups in total. The zero-order valence-corrected chi connectivity index (χ0v) is 20.0. The fourth-order valence-electron chi connectivity index (χ4n) is 3.81. The van der Waals surface area contributed by atoms with E-state index >= 15 is 0 Å². The Hall–Kier alpha value is -4.26. The van der Waals surface area contributed by atoms with Crippen molar-refractivity contribution >= 4 is 23.6 Å². The number of para-hydroxylation sites is 1. The van der Waals surface area contributed by atoms with Crippen LogP contribution in [0.3, 0.4) is 0 Å². The van der Waals surface area contributed by atoms with Crippen molar-refractivity contribution in [2.45, 2.75) is 20.8 Å². The van der Waals surface area contributed by atoms with Gasteiger partial charge in [-0.1, -0.05) is 30.3 Å². The molecule has 35 heavy (non-hydrogen) atoms. The molecule has 1 aliphatic heterocycles. The van der Waals surface area contributed by atoms with Crippen molar-refractivity contribution in [1.82, 2.24) is 5.43 Å². The Kier molecular flexibility index (Phi) is 7.35. The van der Waals surface area contributed by atoms with Crippen LogP contribution in [0.5, 0.6) is 17.2 Å². The van der Waals surface area contributed by atoms with Crippen LogP contribution >= 0.6 is 0 Å². The number of anilines is 1. The topological polar surface area (TPSA) is 77.1 Å². The van der Waals surface area contributed by atoms with Gasteiger partial charge in [0.25, 0.3) is 11.8 Å². The Bertz CT molecular complexity index is 1230. The highest BCUT2D eigenvalue weighted by molar-refractivity contribution is 6.31. The van der Waals surface area contributed by atoms with Crippen LogP contribution in [0.1, 0.15) is 23.6 Å². The van der Waals surface area contributed by atoms with Crippen LogP contribution in [0.4, 0.5) is 5.69 Å². The number of hydrogen-bond donors (Lipinski definition) is 1. The van der Waals surface area contributed by atoms with Gasteiger partial charge in [0.15, 0.2) is 11.5 Å². The van der Waals surface area contributed by atoms with Gasteiger partial charge in [0, 0.05) is 0 Å². The second-order valence-electron chi connectivity index (χ2n) is 8.13. The van der Waals surface area contributed by atoms with E-state index in [9.17, 15) is 9.59 Å². The molecule has 2 amide bonds. The Morgan fingerprint density at radius 2 is 1.54 bits per heavy atom. The lowest BCUT2D eigenvalue weighted by Gasteiger charge is -2.14. The molecule has 7 nitrogen and oxygen atoms in total. The average molecular weight is 473 g/mol. The Labute approximate surface area is 204 Å². The second kappa shape index (κ2) is 10.8. The maximum atomic E-state index is 12.8. The van der Waals surface area contributed by atoms with Crippen LogP contribution in [0.15, 0.2) is 72.3 Å². The number of hydrazine groups is 1. The summed E-state index contributed by atoms with van der Waals surface area (Å²) in [5.41, 5.74) is 6.19. The smallest absolute Gasteiger partial charge is 0.282 e. The van der Waals surface area contributed by atoms with E-state index in [-0.39, 0.29) is 5.57 Å². The zero-order valence-electron chi connectivity index (χ0n) is 20.0. The number of carbonyl (C=O) groups excluding carboxylic acids is 2. The van der Waals surface area contributed by atoms with Gasteiger partial charge in [0.1, 0.15) is 24.5 Å². The molecule has 3 aromatic rings. The second-order valence-corrected chi connectivity index (χ2v) is 8.13. The normalized spacial score (nSPS) is 14.3. The molecule has 0 aromatic heterocycles. The summed E-state index contributed by atoms with van der Waals surface area (Å²) < 4.78 is 17.4. The minimum absolute atomic E-state index is 0.0480. The average Bonchev–Trinajstić information content (AvgIpc) is 3.11. The molecule has 0 aliphatic carbocycles. The molecule has 3 aromatic carbocycles.